The lowest BCUT2D eigenvalue weighted by molar-refractivity contribution is -0.132. The average molecular weight is 568 g/mol. The zero-order chi connectivity index (χ0) is 29.6. The Morgan fingerprint density at radius 3 is 2.51 bits per heavy atom. The predicted molar refractivity (Wildman–Crippen MR) is 162 cm³/mol. The number of nitrogens with two attached hydrogens (primary N) is 1. The molecule has 1 amide bonds. The summed E-state index contributed by atoms with van der Waals surface area (Å²) in [4.78, 5) is 41.4. The molecule has 4 aromatic rings. The van der Waals surface area contributed by atoms with E-state index in [1.54, 1.807) is 35.2 Å². The second-order valence-electron chi connectivity index (χ2n) is 10.8. The van der Waals surface area contributed by atoms with Crippen LogP contribution in [0.25, 0.3) is 27.8 Å². The molecule has 3 aromatic carbocycles. The van der Waals surface area contributed by atoms with E-state index in [4.69, 9.17) is 17.3 Å². The molecule has 0 radical (unpaired) electrons. The molecule has 2 N–H and O–H groups in total. The molecule has 0 aliphatic carbocycles. The number of para-hydroxylation sites is 1. The van der Waals surface area contributed by atoms with Gasteiger partial charge in [-0.25, -0.2) is 0 Å². The first-order valence-corrected chi connectivity index (χ1v) is 13.7. The van der Waals surface area contributed by atoms with E-state index in [9.17, 15) is 19.6 Å². The Morgan fingerprint density at radius 1 is 1.12 bits per heavy atom. The van der Waals surface area contributed by atoms with Crippen molar-refractivity contribution in [3.05, 3.63) is 104 Å². The molecule has 1 aliphatic rings. The minimum absolute atomic E-state index is 0.0164. The number of aromatic nitrogens is 2. The van der Waals surface area contributed by atoms with E-state index in [2.05, 4.69) is 12.6 Å². The van der Waals surface area contributed by atoms with Crippen molar-refractivity contribution < 1.29 is 4.79 Å². The van der Waals surface area contributed by atoms with Gasteiger partial charge in [-0.3, -0.25) is 19.0 Å². The lowest BCUT2D eigenvalue weighted by Gasteiger charge is -2.39. The number of hydrogen-bond donors (Lipinski definition) is 1. The molecule has 0 bridgehead atoms. The van der Waals surface area contributed by atoms with Gasteiger partial charge in [-0.05, 0) is 60.4 Å². The topological polar surface area (TPSA) is 114 Å². The van der Waals surface area contributed by atoms with E-state index in [1.807, 2.05) is 39.0 Å². The monoisotopic (exact) mass is 567 g/mol. The van der Waals surface area contributed by atoms with Crippen LogP contribution in [0.5, 0.6) is 0 Å². The zero-order valence-electron chi connectivity index (χ0n) is 23.1. The van der Waals surface area contributed by atoms with Gasteiger partial charge in [0.15, 0.2) is 0 Å². The second-order valence-corrected chi connectivity index (χ2v) is 11.2. The largest absolute Gasteiger partial charge is 0.399 e. The summed E-state index contributed by atoms with van der Waals surface area (Å²) >= 11 is 6.85. The lowest BCUT2D eigenvalue weighted by Crippen LogP contribution is -2.52. The molecule has 0 atom stereocenters. The number of hydrogen-bond acceptors (Lipinski definition) is 5. The number of nitrogen functional groups attached to an aromatic ring is 1. The Hall–Kier alpha value is -4.61. The second kappa shape index (κ2) is 10.8. The first-order valence-electron chi connectivity index (χ1n) is 13.4. The van der Waals surface area contributed by atoms with E-state index >= 15 is 0 Å². The van der Waals surface area contributed by atoms with Gasteiger partial charge in [-0.1, -0.05) is 50.2 Å². The number of anilines is 1. The normalized spacial score (nSPS) is 13.3. The van der Waals surface area contributed by atoms with Gasteiger partial charge in [-0.2, -0.15) is 5.26 Å². The minimum Gasteiger partial charge on any atom is -0.399 e. The van der Waals surface area contributed by atoms with Crippen LogP contribution in [0.15, 0.2) is 70.8 Å². The van der Waals surface area contributed by atoms with Gasteiger partial charge in [0.05, 0.1) is 33.4 Å². The molecule has 208 valence electrons. The SMILES string of the molecule is C=CC(=O)N1CC(Cn2c(=O)c(=O)n(-c3c(C)cccc3C(C)C)c3cc(-c4cc(N)ccc4C#N)c(Cl)cc32)C1. The smallest absolute Gasteiger partial charge is 0.321 e. The fourth-order valence-corrected chi connectivity index (χ4v) is 5.83. The highest BCUT2D eigenvalue weighted by atomic mass is 35.5. The standard InChI is InChI=1S/C32H30ClN5O3/c1-5-29(39)36-15-20(16-36)17-37-27-13-26(33)25(24-11-22(35)10-9-21(24)14-34)12-28(27)38(32(41)31(37)40)30-19(4)7-6-8-23(30)18(2)3/h5-13,18,20H,1,15-17,35H2,2-4H3. The highest BCUT2D eigenvalue weighted by Gasteiger charge is 2.31. The summed E-state index contributed by atoms with van der Waals surface area (Å²) in [5.74, 6) is -0.112. The van der Waals surface area contributed by atoms with Crippen LogP contribution in [0.4, 0.5) is 5.69 Å². The number of carbonyl (C=O) groups is 1. The van der Waals surface area contributed by atoms with E-state index in [-0.39, 0.29) is 24.3 Å². The minimum atomic E-state index is -0.687. The molecule has 1 saturated heterocycles. The third-order valence-corrected chi connectivity index (χ3v) is 7.99. The molecule has 0 saturated carbocycles. The van der Waals surface area contributed by atoms with E-state index < -0.39 is 11.1 Å². The molecule has 1 aromatic heterocycles. The number of fused-ring (bicyclic) bond motifs is 1. The van der Waals surface area contributed by atoms with Crippen LogP contribution in [0.1, 0.15) is 36.5 Å². The molecule has 41 heavy (non-hydrogen) atoms. The van der Waals surface area contributed by atoms with Crippen LogP contribution in [-0.4, -0.2) is 33.0 Å². The fourth-order valence-electron chi connectivity index (χ4n) is 5.57. The first-order chi connectivity index (χ1) is 19.5. The van der Waals surface area contributed by atoms with E-state index in [0.717, 1.165) is 11.1 Å². The Balaban J connectivity index is 1.83. The summed E-state index contributed by atoms with van der Waals surface area (Å²) in [5.41, 5.74) is 9.98. The quantitative estimate of drug-likeness (QED) is 0.200. The maximum Gasteiger partial charge on any atom is 0.321 e. The number of benzene rings is 3. The number of likely N-dealkylation sites (tertiary alicyclic amines) is 1. The first kappa shape index (κ1) is 27.9. The van der Waals surface area contributed by atoms with Gasteiger partial charge >= 0.3 is 11.1 Å². The zero-order valence-corrected chi connectivity index (χ0v) is 23.9. The highest BCUT2D eigenvalue weighted by molar-refractivity contribution is 6.34. The van der Waals surface area contributed by atoms with Crippen molar-refractivity contribution >= 4 is 34.2 Å². The third-order valence-electron chi connectivity index (χ3n) is 7.68. The van der Waals surface area contributed by atoms with Crippen molar-refractivity contribution in [2.75, 3.05) is 18.8 Å². The summed E-state index contributed by atoms with van der Waals surface area (Å²) < 4.78 is 2.94. The third kappa shape index (κ3) is 4.83. The van der Waals surface area contributed by atoms with Gasteiger partial charge in [0.1, 0.15) is 0 Å². The number of rotatable bonds is 6. The summed E-state index contributed by atoms with van der Waals surface area (Å²) in [6, 6.07) is 16.4. The van der Waals surface area contributed by atoms with Crippen molar-refractivity contribution in [2.45, 2.75) is 33.2 Å². The van der Waals surface area contributed by atoms with Crippen LogP contribution < -0.4 is 16.9 Å². The maximum atomic E-state index is 14.0. The predicted octanol–water partition coefficient (Wildman–Crippen LogP) is 5.00. The Bertz CT molecular complexity index is 1890. The molecule has 0 spiro atoms. The number of halogens is 1. The van der Waals surface area contributed by atoms with Gasteiger partial charge in [-0.15, -0.1) is 0 Å². The van der Waals surface area contributed by atoms with Crippen molar-refractivity contribution in [1.82, 2.24) is 14.0 Å². The average Bonchev–Trinajstić information content (AvgIpc) is 2.92. The lowest BCUT2D eigenvalue weighted by atomic mass is 9.96. The number of carbonyl (C=O) groups excluding carboxylic acids is 1. The van der Waals surface area contributed by atoms with Crippen molar-refractivity contribution in [3.8, 4) is 22.9 Å². The fraction of sp³-hybridized carbons (Fsp3) is 0.250. The van der Waals surface area contributed by atoms with Crippen LogP contribution in [0.3, 0.4) is 0 Å². The van der Waals surface area contributed by atoms with Crippen LogP contribution in [0, 0.1) is 24.2 Å². The molecule has 8 nitrogen and oxygen atoms in total. The van der Waals surface area contributed by atoms with Crippen LogP contribution in [0.2, 0.25) is 5.02 Å². The molecular weight excluding hydrogens is 538 g/mol. The number of amides is 1. The number of nitriles is 1. The Kier molecular flexibility index (Phi) is 7.33. The number of aryl methyl sites for hydroxylation is 1. The summed E-state index contributed by atoms with van der Waals surface area (Å²) in [6.45, 7) is 10.7. The number of nitrogens with zero attached hydrogens (tertiary/aromatic N) is 4. The van der Waals surface area contributed by atoms with Gasteiger partial charge in [0.2, 0.25) is 5.91 Å². The molecule has 9 heteroatoms. The summed E-state index contributed by atoms with van der Waals surface area (Å²) in [5, 5.41) is 10.1. The van der Waals surface area contributed by atoms with Gasteiger partial charge in [0, 0.05) is 42.4 Å². The van der Waals surface area contributed by atoms with Crippen molar-refractivity contribution in [2.24, 2.45) is 5.92 Å². The van der Waals surface area contributed by atoms with E-state index in [0.29, 0.717) is 57.2 Å². The summed E-state index contributed by atoms with van der Waals surface area (Å²) in [7, 11) is 0. The Labute approximate surface area is 242 Å². The molecule has 5 rings (SSSR count). The highest BCUT2D eigenvalue weighted by Crippen LogP contribution is 2.36. The van der Waals surface area contributed by atoms with Crippen LogP contribution >= 0.6 is 11.6 Å². The van der Waals surface area contributed by atoms with Crippen molar-refractivity contribution in [3.63, 3.8) is 0 Å². The molecule has 2 heterocycles. The Morgan fingerprint density at radius 2 is 1.85 bits per heavy atom. The summed E-state index contributed by atoms with van der Waals surface area (Å²) in [6.07, 6.45) is 1.26. The maximum absolute atomic E-state index is 14.0. The van der Waals surface area contributed by atoms with Gasteiger partial charge in [0.25, 0.3) is 0 Å². The van der Waals surface area contributed by atoms with Crippen LogP contribution in [-0.2, 0) is 11.3 Å². The molecular formula is C32H30ClN5O3. The molecule has 1 fully saturated rings. The van der Waals surface area contributed by atoms with E-state index in [1.165, 1.54) is 15.2 Å². The molecule has 0 unspecified atom stereocenters. The van der Waals surface area contributed by atoms with Gasteiger partial charge < -0.3 is 15.2 Å². The van der Waals surface area contributed by atoms with Crippen molar-refractivity contribution in [1.29, 1.82) is 5.26 Å². The molecule has 1 aliphatic heterocycles.